The van der Waals surface area contributed by atoms with Gasteiger partial charge in [0, 0.05) is 24.5 Å². The van der Waals surface area contributed by atoms with Gasteiger partial charge in [0.1, 0.15) is 0 Å². The second-order valence-electron chi connectivity index (χ2n) is 3.39. The van der Waals surface area contributed by atoms with E-state index in [1.807, 2.05) is 0 Å². The van der Waals surface area contributed by atoms with Crippen LogP contribution in [0.5, 0.6) is 0 Å². The third-order valence-corrected chi connectivity index (χ3v) is 2.17. The van der Waals surface area contributed by atoms with E-state index < -0.39 is 0 Å². The molecule has 1 aromatic rings. The Bertz CT molecular complexity index is 344. The van der Waals surface area contributed by atoms with Crippen LogP contribution in [0.4, 0.5) is 5.69 Å². The second-order valence-corrected chi connectivity index (χ2v) is 3.39. The molecule has 1 aromatic heterocycles. The van der Waals surface area contributed by atoms with E-state index in [1.54, 1.807) is 16.8 Å². The molecule has 1 fully saturated rings. The van der Waals surface area contributed by atoms with Crippen molar-refractivity contribution < 1.29 is 0 Å². The molecule has 1 aliphatic rings. The summed E-state index contributed by atoms with van der Waals surface area (Å²) < 4.78 is 1.73. The van der Waals surface area contributed by atoms with Crippen molar-refractivity contribution >= 4 is 18.1 Å². The minimum atomic E-state index is 0. The summed E-state index contributed by atoms with van der Waals surface area (Å²) in [5, 5.41) is 0. The number of halogens is 1. The van der Waals surface area contributed by atoms with Gasteiger partial charge in [-0.2, -0.15) is 0 Å². The molecular weight excluding hydrogens is 188 g/mol. The van der Waals surface area contributed by atoms with Crippen molar-refractivity contribution in [1.29, 1.82) is 0 Å². The molecule has 1 heterocycles. The first-order chi connectivity index (χ1) is 5.75. The molecular formula is C9H13ClN2O. The number of anilines is 1. The Hall–Kier alpha value is -0.960. The minimum absolute atomic E-state index is 0. The number of hydrogen-bond acceptors (Lipinski definition) is 2. The highest BCUT2D eigenvalue weighted by atomic mass is 35.5. The van der Waals surface area contributed by atoms with E-state index in [4.69, 9.17) is 5.73 Å². The number of aromatic nitrogens is 1. The maximum atomic E-state index is 11.3. The minimum Gasteiger partial charge on any atom is -0.399 e. The van der Waals surface area contributed by atoms with Gasteiger partial charge >= 0.3 is 0 Å². The van der Waals surface area contributed by atoms with Gasteiger partial charge in [-0.3, -0.25) is 4.79 Å². The Morgan fingerprint density at radius 2 is 2.23 bits per heavy atom. The first-order valence-corrected chi connectivity index (χ1v) is 4.21. The molecule has 1 saturated carbocycles. The Balaban J connectivity index is 0.000000845. The molecule has 0 amide bonds. The van der Waals surface area contributed by atoms with E-state index >= 15 is 0 Å². The van der Waals surface area contributed by atoms with Crippen LogP contribution in [0.3, 0.4) is 0 Å². The average Bonchev–Trinajstić information content (AvgIpc) is 2.79. The standard InChI is InChI=1S/C9H12N2O.ClH/c10-8-3-4-11(9(12)5-8)6-7-1-2-7;/h3-5,7H,1-2,6,10H2;1H. The lowest BCUT2D eigenvalue weighted by Crippen LogP contribution is -2.19. The summed E-state index contributed by atoms with van der Waals surface area (Å²) in [5.74, 6) is 0.728. The predicted molar refractivity (Wildman–Crippen MR) is 55.1 cm³/mol. The molecule has 0 atom stereocenters. The van der Waals surface area contributed by atoms with Crippen LogP contribution >= 0.6 is 12.4 Å². The van der Waals surface area contributed by atoms with Gasteiger partial charge < -0.3 is 10.3 Å². The van der Waals surface area contributed by atoms with Crippen LogP contribution in [-0.4, -0.2) is 4.57 Å². The summed E-state index contributed by atoms with van der Waals surface area (Å²) >= 11 is 0. The predicted octanol–water partition coefficient (Wildman–Crippen LogP) is 1.26. The lowest BCUT2D eigenvalue weighted by molar-refractivity contribution is 0.607. The summed E-state index contributed by atoms with van der Waals surface area (Å²) in [5.41, 5.74) is 6.02. The molecule has 72 valence electrons. The molecule has 0 radical (unpaired) electrons. The Morgan fingerprint density at radius 1 is 1.54 bits per heavy atom. The first kappa shape index (κ1) is 10.1. The number of pyridine rings is 1. The number of hydrogen-bond donors (Lipinski definition) is 1. The molecule has 0 aliphatic heterocycles. The first-order valence-electron chi connectivity index (χ1n) is 4.21. The van der Waals surface area contributed by atoms with E-state index in [1.165, 1.54) is 18.9 Å². The zero-order chi connectivity index (χ0) is 8.55. The highest BCUT2D eigenvalue weighted by molar-refractivity contribution is 5.85. The van der Waals surface area contributed by atoms with Crippen LogP contribution in [-0.2, 0) is 6.54 Å². The number of nitrogens with two attached hydrogens (primary N) is 1. The summed E-state index contributed by atoms with van der Waals surface area (Å²) in [6, 6.07) is 3.24. The van der Waals surface area contributed by atoms with Crippen LogP contribution < -0.4 is 11.3 Å². The smallest absolute Gasteiger partial charge is 0.252 e. The molecule has 2 rings (SSSR count). The van der Waals surface area contributed by atoms with Crippen LogP contribution in [0.1, 0.15) is 12.8 Å². The van der Waals surface area contributed by atoms with Gasteiger partial charge in [0.15, 0.2) is 0 Å². The number of rotatable bonds is 2. The fourth-order valence-corrected chi connectivity index (χ4v) is 1.25. The monoisotopic (exact) mass is 200 g/mol. The molecule has 4 heteroatoms. The molecule has 0 bridgehead atoms. The Morgan fingerprint density at radius 3 is 2.77 bits per heavy atom. The van der Waals surface area contributed by atoms with E-state index in [0.717, 1.165) is 12.5 Å². The van der Waals surface area contributed by atoms with Crippen molar-refractivity contribution in [1.82, 2.24) is 4.57 Å². The van der Waals surface area contributed by atoms with Gasteiger partial charge in [-0.05, 0) is 24.8 Å². The zero-order valence-electron chi connectivity index (χ0n) is 7.27. The third-order valence-electron chi connectivity index (χ3n) is 2.17. The maximum absolute atomic E-state index is 11.3. The highest BCUT2D eigenvalue weighted by Crippen LogP contribution is 2.29. The summed E-state index contributed by atoms with van der Waals surface area (Å²) in [4.78, 5) is 11.3. The largest absolute Gasteiger partial charge is 0.399 e. The van der Waals surface area contributed by atoms with Crippen LogP contribution in [0.15, 0.2) is 23.1 Å². The Kier molecular flexibility index (Phi) is 2.98. The number of nitrogens with zero attached hydrogens (tertiary/aromatic N) is 1. The van der Waals surface area contributed by atoms with Crippen molar-refractivity contribution in [3.63, 3.8) is 0 Å². The average molecular weight is 201 g/mol. The fourth-order valence-electron chi connectivity index (χ4n) is 1.25. The van der Waals surface area contributed by atoms with Gasteiger partial charge in [-0.1, -0.05) is 0 Å². The maximum Gasteiger partial charge on any atom is 0.252 e. The topological polar surface area (TPSA) is 48.0 Å². The summed E-state index contributed by atoms with van der Waals surface area (Å²) in [6.07, 6.45) is 4.30. The van der Waals surface area contributed by atoms with Crippen molar-refractivity contribution in [2.45, 2.75) is 19.4 Å². The Labute approximate surface area is 83.0 Å². The second kappa shape index (κ2) is 3.83. The molecule has 0 spiro atoms. The van der Waals surface area contributed by atoms with Crippen molar-refractivity contribution in [3.8, 4) is 0 Å². The summed E-state index contributed by atoms with van der Waals surface area (Å²) in [6.45, 7) is 0.860. The van der Waals surface area contributed by atoms with Crippen LogP contribution in [0.2, 0.25) is 0 Å². The molecule has 0 unspecified atom stereocenters. The van der Waals surface area contributed by atoms with E-state index in [-0.39, 0.29) is 18.0 Å². The molecule has 1 aliphatic carbocycles. The highest BCUT2D eigenvalue weighted by Gasteiger charge is 2.21. The van der Waals surface area contributed by atoms with Crippen molar-refractivity contribution in [3.05, 3.63) is 28.7 Å². The molecule has 0 aromatic carbocycles. The molecule has 0 saturated heterocycles. The third kappa shape index (κ3) is 2.49. The van der Waals surface area contributed by atoms with Gasteiger partial charge in [0.05, 0.1) is 0 Å². The van der Waals surface area contributed by atoms with E-state index in [9.17, 15) is 4.79 Å². The van der Waals surface area contributed by atoms with Gasteiger partial charge in [-0.25, -0.2) is 0 Å². The summed E-state index contributed by atoms with van der Waals surface area (Å²) in [7, 11) is 0. The molecule has 3 nitrogen and oxygen atoms in total. The zero-order valence-corrected chi connectivity index (χ0v) is 8.09. The SMILES string of the molecule is Cl.Nc1ccn(CC2CC2)c(=O)c1. The normalized spacial score (nSPS) is 15.1. The van der Waals surface area contributed by atoms with Gasteiger partial charge in [-0.15, -0.1) is 12.4 Å². The lowest BCUT2D eigenvalue weighted by atomic mass is 10.3. The van der Waals surface area contributed by atoms with Gasteiger partial charge in [0.2, 0.25) is 0 Å². The van der Waals surface area contributed by atoms with Gasteiger partial charge in [0.25, 0.3) is 5.56 Å². The van der Waals surface area contributed by atoms with E-state index in [2.05, 4.69) is 0 Å². The fraction of sp³-hybridized carbons (Fsp3) is 0.444. The number of nitrogen functional groups attached to an aromatic ring is 1. The van der Waals surface area contributed by atoms with Crippen LogP contribution in [0.25, 0.3) is 0 Å². The van der Waals surface area contributed by atoms with Crippen molar-refractivity contribution in [2.24, 2.45) is 5.92 Å². The lowest BCUT2D eigenvalue weighted by Gasteiger charge is -2.02. The molecule has 13 heavy (non-hydrogen) atoms. The van der Waals surface area contributed by atoms with E-state index in [0.29, 0.717) is 5.69 Å². The molecule has 2 N–H and O–H groups in total. The van der Waals surface area contributed by atoms with Crippen molar-refractivity contribution in [2.75, 3.05) is 5.73 Å². The quantitative estimate of drug-likeness (QED) is 0.782. The van der Waals surface area contributed by atoms with Crippen LogP contribution in [0, 0.1) is 5.92 Å².